The maximum absolute atomic E-state index is 12.8. The summed E-state index contributed by atoms with van der Waals surface area (Å²) in [5.74, 6) is 0.497. The van der Waals surface area contributed by atoms with Crippen molar-refractivity contribution in [1.82, 2.24) is 20.3 Å². The van der Waals surface area contributed by atoms with E-state index in [1.54, 1.807) is 12.3 Å². The van der Waals surface area contributed by atoms with Crippen molar-refractivity contribution in [3.63, 3.8) is 0 Å². The van der Waals surface area contributed by atoms with Gasteiger partial charge in [-0.2, -0.15) is 0 Å². The van der Waals surface area contributed by atoms with Crippen molar-refractivity contribution < 1.29 is 5.11 Å². The van der Waals surface area contributed by atoms with Gasteiger partial charge in [0.2, 0.25) is 0 Å². The largest absolute Gasteiger partial charge is 0.387 e. The Labute approximate surface area is 205 Å². The standard InChI is InChI=1S/C25H27BrN6O2/c1-15-11-18(32-9-7-27-8-10-32)13-20-23(15)31-24(30-20)22-19(5-6-28-25(22)34)29-14-21(33)16-3-2-4-17(26)12-16/h2-6,11-13,21,27,33H,7-10,14H2,1H3,(H,30,31)(H2,28,29,34)/t21-/m1/s1. The van der Waals surface area contributed by atoms with Crippen LogP contribution in [0.15, 0.2) is 57.9 Å². The Balaban J connectivity index is 1.46. The van der Waals surface area contributed by atoms with Crippen LogP contribution in [-0.2, 0) is 0 Å². The van der Waals surface area contributed by atoms with Crippen LogP contribution < -0.4 is 21.1 Å². The Morgan fingerprint density at radius 2 is 2.03 bits per heavy atom. The topological polar surface area (TPSA) is 109 Å². The first kappa shape index (κ1) is 22.6. The number of halogens is 1. The van der Waals surface area contributed by atoms with Gasteiger partial charge >= 0.3 is 0 Å². The van der Waals surface area contributed by atoms with Crippen LogP contribution in [0.4, 0.5) is 11.4 Å². The number of H-pyrrole nitrogens is 2. The first-order chi connectivity index (χ1) is 16.5. The number of aliphatic hydroxyl groups is 1. The van der Waals surface area contributed by atoms with Gasteiger partial charge in [0.1, 0.15) is 11.4 Å². The van der Waals surface area contributed by atoms with Gasteiger partial charge in [-0.25, -0.2) is 4.98 Å². The van der Waals surface area contributed by atoms with Crippen molar-refractivity contribution >= 4 is 38.3 Å². The summed E-state index contributed by atoms with van der Waals surface area (Å²) in [6.45, 7) is 6.13. The first-order valence-corrected chi connectivity index (χ1v) is 12.1. The molecule has 5 rings (SSSR count). The molecule has 1 fully saturated rings. The van der Waals surface area contributed by atoms with Crippen LogP contribution in [0, 0.1) is 6.92 Å². The number of imidazole rings is 1. The molecular weight excluding hydrogens is 496 g/mol. The smallest absolute Gasteiger partial charge is 0.261 e. The van der Waals surface area contributed by atoms with E-state index in [0.717, 1.165) is 58.5 Å². The molecular formula is C25H27BrN6O2. The number of aromatic nitrogens is 3. The van der Waals surface area contributed by atoms with Crippen LogP contribution in [0.1, 0.15) is 17.2 Å². The Kier molecular flexibility index (Phi) is 6.40. The fourth-order valence-electron chi connectivity index (χ4n) is 4.39. The van der Waals surface area contributed by atoms with Gasteiger partial charge in [-0.3, -0.25) is 4.79 Å². The van der Waals surface area contributed by atoms with Crippen LogP contribution in [0.3, 0.4) is 0 Å². The molecule has 4 aromatic rings. The molecule has 1 atom stereocenters. The highest BCUT2D eigenvalue weighted by Gasteiger charge is 2.18. The second-order valence-corrected chi connectivity index (χ2v) is 9.44. The average molecular weight is 523 g/mol. The lowest BCUT2D eigenvalue weighted by Gasteiger charge is -2.29. The number of rotatable bonds is 6. The summed E-state index contributed by atoms with van der Waals surface area (Å²) in [5, 5.41) is 17.3. The molecule has 8 nitrogen and oxygen atoms in total. The van der Waals surface area contributed by atoms with Crippen molar-refractivity contribution in [2.24, 2.45) is 0 Å². The molecule has 1 saturated heterocycles. The van der Waals surface area contributed by atoms with E-state index >= 15 is 0 Å². The van der Waals surface area contributed by atoms with Crippen molar-refractivity contribution in [2.75, 3.05) is 42.9 Å². The Morgan fingerprint density at radius 1 is 1.21 bits per heavy atom. The van der Waals surface area contributed by atoms with Crippen molar-refractivity contribution in [3.8, 4) is 11.4 Å². The van der Waals surface area contributed by atoms with Crippen LogP contribution in [0.25, 0.3) is 22.4 Å². The van der Waals surface area contributed by atoms with E-state index < -0.39 is 6.10 Å². The van der Waals surface area contributed by atoms with Gasteiger partial charge in [-0.1, -0.05) is 28.1 Å². The molecule has 3 heterocycles. The van der Waals surface area contributed by atoms with E-state index in [1.165, 1.54) is 0 Å². The Hall–Kier alpha value is -3.14. The number of aliphatic hydroxyl groups excluding tert-OH is 1. The summed E-state index contributed by atoms with van der Waals surface area (Å²) in [4.78, 5) is 26.1. The third kappa shape index (κ3) is 4.59. The number of benzene rings is 2. The molecule has 0 spiro atoms. The van der Waals surface area contributed by atoms with Gasteiger partial charge < -0.3 is 30.6 Å². The molecule has 0 radical (unpaired) electrons. The molecule has 2 aromatic heterocycles. The fourth-order valence-corrected chi connectivity index (χ4v) is 4.81. The molecule has 1 aliphatic heterocycles. The summed E-state index contributed by atoms with van der Waals surface area (Å²) in [7, 11) is 0. The number of hydrogen-bond acceptors (Lipinski definition) is 6. The second-order valence-electron chi connectivity index (χ2n) is 8.53. The third-order valence-electron chi connectivity index (χ3n) is 6.16. The number of piperazine rings is 1. The maximum atomic E-state index is 12.8. The SMILES string of the molecule is Cc1cc(N2CCNCC2)cc2[nH]c(-c3c(NC[C@@H](O)c4cccc(Br)c4)cc[nH]c3=O)nc12. The number of pyridine rings is 1. The zero-order valence-electron chi connectivity index (χ0n) is 18.9. The highest BCUT2D eigenvalue weighted by atomic mass is 79.9. The normalized spacial score (nSPS) is 15.0. The van der Waals surface area contributed by atoms with Crippen molar-refractivity contribution in [2.45, 2.75) is 13.0 Å². The quantitative estimate of drug-likeness (QED) is 0.265. The molecule has 0 bridgehead atoms. The maximum Gasteiger partial charge on any atom is 0.261 e. The summed E-state index contributed by atoms with van der Waals surface area (Å²) < 4.78 is 0.902. The number of fused-ring (bicyclic) bond motifs is 1. The summed E-state index contributed by atoms with van der Waals surface area (Å²) in [5.41, 5.74) is 5.51. The molecule has 0 aliphatic carbocycles. The number of aryl methyl sites for hydroxylation is 1. The average Bonchev–Trinajstić information content (AvgIpc) is 3.27. The molecule has 0 amide bonds. The summed E-state index contributed by atoms with van der Waals surface area (Å²) in [6.07, 6.45) is 0.861. The highest BCUT2D eigenvalue weighted by molar-refractivity contribution is 9.10. The molecule has 9 heteroatoms. The molecule has 1 aliphatic rings. The van der Waals surface area contributed by atoms with E-state index in [2.05, 4.69) is 53.6 Å². The highest BCUT2D eigenvalue weighted by Crippen LogP contribution is 2.29. The molecule has 34 heavy (non-hydrogen) atoms. The predicted octanol–water partition coefficient (Wildman–Crippen LogP) is 3.54. The van der Waals surface area contributed by atoms with Gasteiger partial charge in [0.25, 0.3) is 5.56 Å². The Bertz CT molecular complexity index is 1380. The van der Waals surface area contributed by atoms with Gasteiger partial charge in [0, 0.05) is 49.1 Å². The van der Waals surface area contributed by atoms with Gasteiger partial charge in [-0.05, 0) is 48.4 Å². The van der Waals surface area contributed by atoms with Crippen LogP contribution in [0.2, 0.25) is 0 Å². The monoisotopic (exact) mass is 522 g/mol. The van der Waals surface area contributed by atoms with Crippen LogP contribution >= 0.6 is 15.9 Å². The number of nitrogens with one attached hydrogen (secondary N) is 4. The van der Waals surface area contributed by atoms with E-state index in [4.69, 9.17) is 4.98 Å². The zero-order chi connectivity index (χ0) is 23.7. The fraction of sp³-hybridized carbons (Fsp3) is 0.280. The van der Waals surface area contributed by atoms with Crippen LogP contribution in [0.5, 0.6) is 0 Å². The Morgan fingerprint density at radius 3 is 2.82 bits per heavy atom. The molecule has 5 N–H and O–H groups in total. The first-order valence-electron chi connectivity index (χ1n) is 11.3. The van der Waals surface area contributed by atoms with E-state index in [9.17, 15) is 9.90 Å². The lowest BCUT2D eigenvalue weighted by molar-refractivity contribution is 0.191. The van der Waals surface area contributed by atoms with Crippen molar-refractivity contribution in [3.05, 3.63) is 74.6 Å². The number of anilines is 2. The molecule has 2 aromatic carbocycles. The van der Waals surface area contributed by atoms with E-state index in [0.29, 0.717) is 17.1 Å². The number of hydrogen-bond donors (Lipinski definition) is 5. The third-order valence-corrected chi connectivity index (χ3v) is 6.65. The molecule has 176 valence electrons. The van der Waals surface area contributed by atoms with Crippen LogP contribution in [-0.4, -0.2) is 52.8 Å². The molecule has 0 unspecified atom stereocenters. The van der Waals surface area contributed by atoms with Gasteiger partial charge in [0.05, 0.1) is 22.8 Å². The minimum Gasteiger partial charge on any atom is -0.387 e. The number of aromatic amines is 2. The lowest BCUT2D eigenvalue weighted by atomic mass is 10.1. The summed E-state index contributed by atoms with van der Waals surface area (Å²) in [6, 6.07) is 13.6. The summed E-state index contributed by atoms with van der Waals surface area (Å²) >= 11 is 3.44. The minimum atomic E-state index is -0.732. The number of nitrogens with zero attached hydrogens (tertiary/aromatic N) is 2. The minimum absolute atomic E-state index is 0.249. The van der Waals surface area contributed by atoms with Gasteiger partial charge in [0.15, 0.2) is 0 Å². The second kappa shape index (κ2) is 9.61. The van der Waals surface area contributed by atoms with Crippen molar-refractivity contribution in [1.29, 1.82) is 0 Å². The molecule has 0 saturated carbocycles. The van der Waals surface area contributed by atoms with E-state index in [1.807, 2.05) is 31.2 Å². The lowest BCUT2D eigenvalue weighted by Crippen LogP contribution is -2.43. The van der Waals surface area contributed by atoms with Gasteiger partial charge in [-0.15, -0.1) is 0 Å². The predicted molar refractivity (Wildman–Crippen MR) is 140 cm³/mol. The van der Waals surface area contributed by atoms with E-state index in [-0.39, 0.29) is 12.1 Å². The zero-order valence-corrected chi connectivity index (χ0v) is 20.4.